The van der Waals surface area contributed by atoms with Crippen molar-refractivity contribution >= 4 is 23.2 Å². The van der Waals surface area contributed by atoms with E-state index in [4.69, 9.17) is 14.2 Å². The largest absolute Gasteiger partial charge is 0.497 e. The maximum atomic E-state index is 13.6. The minimum Gasteiger partial charge on any atom is -0.497 e. The van der Waals surface area contributed by atoms with Gasteiger partial charge in [-0.25, -0.2) is 0 Å². The standard InChI is InChI=1S/C28H35N3O4/c1-33-23-9-10-27(35-18-15-29-11-5-2-6-12-29)22(19-23)20-25-24-7-3-4-8-26(24)31(28(25)32)21-30-13-16-34-17-14-30/h3-4,7-10,19-20H,2,5-6,11-18,21H2,1H3/b25-20+. The molecule has 35 heavy (non-hydrogen) atoms. The van der Waals surface area contributed by atoms with Crippen LogP contribution in [0.5, 0.6) is 11.5 Å². The fourth-order valence-corrected chi connectivity index (χ4v) is 5.05. The molecule has 3 aliphatic rings. The van der Waals surface area contributed by atoms with Gasteiger partial charge in [0.2, 0.25) is 0 Å². The first-order valence-corrected chi connectivity index (χ1v) is 12.7. The highest BCUT2D eigenvalue weighted by Gasteiger charge is 2.33. The van der Waals surface area contributed by atoms with Gasteiger partial charge < -0.3 is 14.2 Å². The number of hydrogen-bond donors (Lipinski definition) is 0. The van der Waals surface area contributed by atoms with Crippen LogP contribution in [0, 0.1) is 0 Å². The minimum absolute atomic E-state index is 0.0137. The summed E-state index contributed by atoms with van der Waals surface area (Å²) in [5.41, 5.74) is 3.44. The molecule has 7 heteroatoms. The summed E-state index contributed by atoms with van der Waals surface area (Å²) in [7, 11) is 1.66. The molecule has 0 spiro atoms. The second kappa shape index (κ2) is 11.2. The molecule has 5 rings (SSSR count). The number of piperidine rings is 1. The van der Waals surface area contributed by atoms with Gasteiger partial charge in [0, 0.05) is 36.3 Å². The fourth-order valence-electron chi connectivity index (χ4n) is 5.05. The Hall–Kier alpha value is -2.87. The number of para-hydroxylation sites is 1. The highest BCUT2D eigenvalue weighted by molar-refractivity contribution is 6.35. The number of amides is 1. The third-order valence-electron chi connectivity index (χ3n) is 7.04. The van der Waals surface area contributed by atoms with Crippen molar-refractivity contribution in [2.24, 2.45) is 0 Å². The number of methoxy groups -OCH3 is 1. The van der Waals surface area contributed by atoms with Crippen LogP contribution in [-0.4, -0.2) is 82.0 Å². The van der Waals surface area contributed by atoms with E-state index in [0.717, 1.165) is 61.0 Å². The highest BCUT2D eigenvalue weighted by atomic mass is 16.5. The van der Waals surface area contributed by atoms with E-state index in [1.807, 2.05) is 53.4 Å². The van der Waals surface area contributed by atoms with Crippen molar-refractivity contribution in [2.45, 2.75) is 19.3 Å². The van der Waals surface area contributed by atoms with Crippen molar-refractivity contribution in [3.8, 4) is 11.5 Å². The van der Waals surface area contributed by atoms with Gasteiger partial charge in [-0.3, -0.25) is 19.5 Å². The van der Waals surface area contributed by atoms with Gasteiger partial charge >= 0.3 is 0 Å². The normalized spacial score (nSPS) is 20.3. The molecule has 0 atom stereocenters. The molecular formula is C28H35N3O4. The van der Waals surface area contributed by atoms with Gasteiger partial charge in [-0.1, -0.05) is 24.6 Å². The Morgan fingerprint density at radius 2 is 1.77 bits per heavy atom. The summed E-state index contributed by atoms with van der Waals surface area (Å²) in [5.74, 6) is 1.52. The lowest BCUT2D eigenvalue weighted by Crippen LogP contribution is -2.45. The molecule has 3 heterocycles. The average molecular weight is 478 g/mol. The molecule has 0 unspecified atom stereocenters. The zero-order valence-corrected chi connectivity index (χ0v) is 20.6. The lowest BCUT2D eigenvalue weighted by atomic mass is 10.0. The van der Waals surface area contributed by atoms with Crippen LogP contribution in [0.3, 0.4) is 0 Å². The summed E-state index contributed by atoms with van der Waals surface area (Å²) in [6.45, 7) is 7.45. The Morgan fingerprint density at radius 1 is 0.971 bits per heavy atom. The van der Waals surface area contributed by atoms with Crippen molar-refractivity contribution < 1.29 is 19.0 Å². The predicted molar refractivity (Wildman–Crippen MR) is 138 cm³/mol. The number of fused-ring (bicyclic) bond motifs is 1. The quantitative estimate of drug-likeness (QED) is 0.540. The molecule has 2 aromatic carbocycles. The number of likely N-dealkylation sites (tertiary alicyclic amines) is 1. The van der Waals surface area contributed by atoms with Crippen LogP contribution in [0.4, 0.5) is 5.69 Å². The summed E-state index contributed by atoms with van der Waals surface area (Å²) >= 11 is 0. The van der Waals surface area contributed by atoms with Crippen LogP contribution in [-0.2, 0) is 9.53 Å². The molecule has 0 bridgehead atoms. The first-order chi connectivity index (χ1) is 17.2. The van der Waals surface area contributed by atoms with Gasteiger partial charge in [-0.15, -0.1) is 0 Å². The lowest BCUT2D eigenvalue weighted by molar-refractivity contribution is -0.113. The summed E-state index contributed by atoms with van der Waals surface area (Å²) in [4.78, 5) is 20.3. The Kier molecular flexibility index (Phi) is 7.66. The molecule has 1 amide bonds. The monoisotopic (exact) mass is 477 g/mol. The molecule has 2 aromatic rings. The second-order valence-electron chi connectivity index (χ2n) is 9.33. The number of carbonyl (C=O) groups is 1. The van der Waals surface area contributed by atoms with Gasteiger partial charge in [0.05, 0.1) is 32.7 Å². The van der Waals surface area contributed by atoms with Crippen LogP contribution >= 0.6 is 0 Å². The van der Waals surface area contributed by atoms with Crippen LogP contribution in [0.25, 0.3) is 11.6 Å². The number of nitrogens with zero attached hydrogens (tertiary/aromatic N) is 3. The van der Waals surface area contributed by atoms with Gasteiger partial charge in [-0.05, 0) is 56.3 Å². The van der Waals surface area contributed by atoms with E-state index in [0.29, 0.717) is 32.1 Å². The number of anilines is 1. The molecule has 3 aliphatic heterocycles. The molecule has 0 aromatic heterocycles. The first-order valence-electron chi connectivity index (χ1n) is 12.7. The maximum Gasteiger partial charge on any atom is 0.260 e. The lowest BCUT2D eigenvalue weighted by Gasteiger charge is -2.30. The van der Waals surface area contributed by atoms with E-state index in [1.54, 1.807) is 7.11 Å². The van der Waals surface area contributed by atoms with E-state index in [1.165, 1.54) is 19.3 Å². The number of carbonyl (C=O) groups excluding carboxylic acids is 1. The summed E-state index contributed by atoms with van der Waals surface area (Å²) in [6.07, 6.45) is 5.82. The summed E-state index contributed by atoms with van der Waals surface area (Å²) in [6, 6.07) is 13.8. The molecule has 2 saturated heterocycles. The fraction of sp³-hybridized carbons (Fsp3) is 0.464. The van der Waals surface area contributed by atoms with Crippen molar-refractivity contribution in [3.05, 3.63) is 53.6 Å². The molecule has 186 valence electrons. The van der Waals surface area contributed by atoms with Crippen molar-refractivity contribution in [2.75, 3.05) is 71.2 Å². The maximum absolute atomic E-state index is 13.6. The van der Waals surface area contributed by atoms with Gasteiger partial charge in [0.1, 0.15) is 18.1 Å². The molecule has 7 nitrogen and oxygen atoms in total. The van der Waals surface area contributed by atoms with Crippen LogP contribution in [0.15, 0.2) is 42.5 Å². The molecule has 0 N–H and O–H groups in total. The van der Waals surface area contributed by atoms with E-state index in [2.05, 4.69) is 9.80 Å². The molecule has 0 saturated carbocycles. The van der Waals surface area contributed by atoms with Gasteiger partial charge in [-0.2, -0.15) is 0 Å². The van der Waals surface area contributed by atoms with Crippen LogP contribution < -0.4 is 14.4 Å². The highest BCUT2D eigenvalue weighted by Crippen LogP contribution is 2.39. The Labute approximate surface area is 207 Å². The average Bonchev–Trinajstić information content (AvgIpc) is 3.16. The van der Waals surface area contributed by atoms with Gasteiger partial charge in [0.15, 0.2) is 0 Å². The molecular weight excluding hydrogens is 442 g/mol. The number of rotatable bonds is 8. The number of ether oxygens (including phenoxy) is 3. The van der Waals surface area contributed by atoms with Crippen LogP contribution in [0.2, 0.25) is 0 Å². The molecule has 0 aliphatic carbocycles. The zero-order chi connectivity index (χ0) is 24.0. The Bertz CT molecular complexity index is 1060. The number of morpholine rings is 1. The van der Waals surface area contributed by atoms with Crippen LogP contribution in [0.1, 0.15) is 30.4 Å². The van der Waals surface area contributed by atoms with Crippen molar-refractivity contribution in [1.82, 2.24) is 9.80 Å². The SMILES string of the molecule is COc1ccc(OCCN2CCCCC2)c(/C=C2/C(=O)N(CN3CCOCC3)c3ccccc32)c1. The topological polar surface area (TPSA) is 54.5 Å². The Balaban J connectivity index is 1.39. The van der Waals surface area contributed by atoms with E-state index >= 15 is 0 Å². The first kappa shape index (κ1) is 23.9. The summed E-state index contributed by atoms with van der Waals surface area (Å²) < 4.78 is 17.2. The zero-order valence-electron chi connectivity index (χ0n) is 20.6. The van der Waals surface area contributed by atoms with Crippen molar-refractivity contribution in [3.63, 3.8) is 0 Å². The van der Waals surface area contributed by atoms with E-state index < -0.39 is 0 Å². The van der Waals surface area contributed by atoms with E-state index in [-0.39, 0.29) is 5.91 Å². The predicted octanol–water partition coefficient (Wildman–Crippen LogP) is 3.74. The Morgan fingerprint density at radius 3 is 2.57 bits per heavy atom. The number of benzene rings is 2. The third-order valence-corrected chi connectivity index (χ3v) is 7.04. The van der Waals surface area contributed by atoms with Crippen molar-refractivity contribution in [1.29, 1.82) is 0 Å². The minimum atomic E-state index is 0.0137. The summed E-state index contributed by atoms with van der Waals surface area (Å²) in [5, 5.41) is 0. The van der Waals surface area contributed by atoms with Gasteiger partial charge in [0.25, 0.3) is 5.91 Å². The molecule has 2 fully saturated rings. The number of hydrogen-bond acceptors (Lipinski definition) is 6. The second-order valence-corrected chi connectivity index (χ2v) is 9.33. The third kappa shape index (κ3) is 5.53. The molecule has 0 radical (unpaired) electrons. The van der Waals surface area contributed by atoms with E-state index in [9.17, 15) is 4.79 Å². The smallest absolute Gasteiger partial charge is 0.260 e.